The lowest BCUT2D eigenvalue weighted by Crippen LogP contribution is -2.14. The van der Waals surface area contributed by atoms with E-state index in [0.29, 0.717) is 6.54 Å². The van der Waals surface area contributed by atoms with Crippen molar-refractivity contribution < 1.29 is 37.7 Å². The summed E-state index contributed by atoms with van der Waals surface area (Å²) < 4.78 is 46.7. The van der Waals surface area contributed by atoms with E-state index in [0.717, 1.165) is 17.7 Å². The average Bonchev–Trinajstić information content (AvgIpc) is 3.31. The Kier molecular flexibility index (Phi) is 10.0. The number of hydrogen-bond donors (Lipinski definition) is 2. The number of nitrogens with zero attached hydrogens (tertiary/aromatic N) is 3. The largest absolute Gasteiger partial charge is 0.625 e. The van der Waals surface area contributed by atoms with Crippen molar-refractivity contribution >= 4 is 11.8 Å². The lowest BCUT2D eigenvalue weighted by atomic mass is 9.97. The number of imidazole rings is 1. The maximum atomic E-state index is 13.3. The van der Waals surface area contributed by atoms with Crippen LogP contribution in [0.2, 0.25) is 0 Å². The summed E-state index contributed by atoms with van der Waals surface area (Å²) in [5.74, 6) is -3.73. The third kappa shape index (κ3) is 7.57. The molecule has 3 aromatic rings. The van der Waals surface area contributed by atoms with Crippen molar-refractivity contribution in [2.45, 2.75) is 40.0 Å². The lowest BCUT2D eigenvalue weighted by Gasteiger charge is -2.23. The van der Waals surface area contributed by atoms with Crippen molar-refractivity contribution in [1.82, 2.24) is 9.55 Å². The molecular weight excluding hydrogens is 479 g/mol. The van der Waals surface area contributed by atoms with E-state index in [1.165, 1.54) is 12.5 Å². The van der Waals surface area contributed by atoms with E-state index < -0.39 is 40.9 Å². The summed E-state index contributed by atoms with van der Waals surface area (Å²) >= 11 is 0. The van der Waals surface area contributed by atoms with Crippen LogP contribution >= 0.6 is 0 Å². The molecule has 1 heterocycles. The highest BCUT2D eigenvalue weighted by Gasteiger charge is 2.39. The number of carbonyl (C=O) groups is 2. The first kappa shape index (κ1) is 28.4. The number of aromatic carboxylic acids is 1. The molecule has 0 atom stereocenters. The zero-order valence-electron chi connectivity index (χ0n) is 20.0. The smallest absolute Gasteiger partial charge is 0.423 e. The van der Waals surface area contributed by atoms with Gasteiger partial charge < -0.3 is 24.8 Å². The van der Waals surface area contributed by atoms with E-state index in [2.05, 4.69) is 10.3 Å². The maximum absolute atomic E-state index is 13.3. The van der Waals surface area contributed by atoms with Gasteiger partial charge in [0.15, 0.2) is 5.78 Å². The first-order valence-electron chi connectivity index (χ1n) is 11.0. The number of benzene rings is 2. The van der Waals surface area contributed by atoms with Gasteiger partial charge in [-0.05, 0) is 19.1 Å². The highest BCUT2D eigenvalue weighted by atomic mass is 19.4. The number of carboxylic acid groups (broad SMARTS) is 1. The van der Waals surface area contributed by atoms with Crippen LogP contribution in [0.4, 0.5) is 13.2 Å². The van der Waals surface area contributed by atoms with Gasteiger partial charge in [0, 0.05) is 19.2 Å². The molecule has 0 spiro atoms. The van der Waals surface area contributed by atoms with Gasteiger partial charge in [0.05, 0.1) is 18.1 Å². The Balaban J connectivity index is 0.000000380. The van der Waals surface area contributed by atoms with Crippen molar-refractivity contribution in [3.8, 4) is 11.5 Å². The number of phenols is 1. The molecule has 8 nitrogen and oxygen atoms in total. The fraction of sp³-hybridized carbons (Fsp3) is 0.320. The summed E-state index contributed by atoms with van der Waals surface area (Å²) in [5.41, 5.74) is -0.602. The Hall–Kier alpha value is -3.86. The van der Waals surface area contributed by atoms with Crippen LogP contribution in [0.15, 0.2) is 55.0 Å². The number of aryl methyl sites for hydroxylation is 1. The minimum Gasteiger partial charge on any atom is -0.625 e. The number of ketones is 1. The number of alkyl halides is 3. The average molecular weight is 507 g/mol. The molecular formula is C25H27F3N3O5-. The predicted molar refractivity (Wildman–Crippen MR) is 126 cm³/mol. The van der Waals surface area contributed by atoms with Crippen LogP contribution in [0.5, 0.6) is 11.5 Å². The van der Waals surface area contributed by atoms with E-state index >= 15 is 0 Å². The fourth-order valence-electron chi connectivity index (χ4n) is 3.10. The number of aromatic hydroxyl groups is 1. The summed E-state index contributed by atoms with van der Waals surface area (Å²) in [7, 11) is 0. The molecule has 0 aliphatic carbocycles. The van der Waals surface area contributed by atoms with Crippen LogP contribution in [0.1, 0.15) is 52.7 Å². The summed E-state index contributed by atoms with van der Waals surface area (Å²) in [6.45, 7) is 5.58. The summed E-state index contributed by atoms with van der Waals surface area (Å²) in [6.07, 6.45) is -2.03. The molecule has 0 aliphatic heterocycles. The van der Waals surface area contributed by atoms with Crippen LogP contribution in [0.25, 0.3) is 5.32 Å². The molecule has 3 rings (SSSR count). The normalized spacial score (nSPS) is 11.1. The van der Waals surface area contributed by atoms with Crippen molar-refractivity contribution in [2.24, 2.45) is 5.92 Å². The van der Waals surface area contributed by atoms with Gasteiger partial charge in [-0.15, -0.1) is 6.54 Å². The van der Waals surface area contributed by atoms with Crippen LogP contribution in [-0.2, 0) is 19.3 Å². The van der Waals surface area contributed by atoms with Crippen molar-refractivity contribution in [3.05, 3.63) is 82.7 Å². The molecule has 0 saturated carbocycles. The van der Waals surface area contributed by atoms with Crippen molar-refractivity contribution in [2.75, 3.05) is 6.73 Å². The Labute approximate surface area is 206 Å². The molecule has 0 saturated heterocycles. The molecule has 0 amide bonds. The molecule has 2 N–H and O–H groups in total. The number of carboxylic acids is 1. The quantitative estimate of drug-likeness (QED) is 0.282. The molecule has 11 heteroatoms. The van der Waals surface area contributed by atoms with Crippen LogP contribution in [0, 0.1) is 5.92 Å². The highest BCUT2D eigenvalue weighted by molar-refractivity contribution is 6.00. The van der Waals surface area contributed by atoms with Crippen LogP contribution in [0.3, 0.4) is 0 Å². The van der Waals surface area contributed by atoms with Crippen LogP contribution < -0.4 is 4.74 Å². The van der Waals surface area contributed by atoms with Gasteiger partial charge in [0.1, 0.15) is 22.8 Å². The molecule has 0 bridgehead atoms. The Bertz CT molecular complexity index is 1160. The van der Waals surface area contributed by atoms with Crippen molar-refractivity contribution in [3.63, 3.8) is 0 Å². The Morgan fingerprint density at radius 3 is 2.33 bits per heavy atom. The molecule has 2 aromatic carbocycles. The third-order valence-corrected chi connectivity index (χ3v) is 4.93. The Morgan fingerprint density at radius 1 is 1.14 bits per heavy atom. The second kappa shape index (κ2) is 12.7. The first-order chi connectivity index (χ1) is 17.0. The SMILES string of the molecule is CC(C)C(=O)c1ccc(OC[N-]Cc2ccccc2)c(C(F)(F)F)c1O.CCn1cncc1C(=O)O. The number of aromatic nitrogens is 2. The van der Waals surface area contributed by atoms with E-state index in [-0.39, 0.29) is 24.5 Å². The molecule has 36 heavy (non-hydrogen) atoms. The zero-order chi connectivity index (χ0) is 26.9. The van der Waals surface area contributed by atoms with Gasteiger partial charge in [-0.3, -0.25) is 4.79 Å². The third-order valence-electron chi connectivity index (χ3n) is 4.93. The predicted octanol–water partition coefficient (Wildman–Crippen LogP) is 5.76. The van der Waals surface area contributed by atoms with E-state index in [1.54, 1.807) is 18.4 Å². The highest BCUT2D eigenvalue weighted by Crippen LogP contribution is 2.44. The molecule has 0 unspecified atom stereocenters. The fourth-order valence-corrected chi connectivity index (χ4v) is 3.10. The number of Topliss-reactive ketones (excluding diaryl/α,β-unsaturated/α-hetero) is 1. The summed E-state index contributed by atoms with van der Waals surface area (Å²) in [5, 5.41) is 22.6. The van der Waals surface area contributed by atoms with Gasteiger partial charge >= 0.3 is 12.1 Å². The molecule has 0 aliphatic rings. The molecule has 1 aromatic heterocycles. The summed E-state index contributed by atoms with van der Waals surface area (Å²) in [4.78, 5) is 26.1. The molecule has 0 fully saturated rings. The van der Waals surface area contributed by atoms with E-state index in [1.807, 2.05) is 37.3 Å². The zero-order valence-corrected chi connectivity index (χ0v) is 20.0. The summed E-state index contributed by atoms with van der Waals surface area (Å²) in [6, 6.07) is 11.4. The topological polar surface area (TPSA) is 116 Å². The molecule has 0 radical (unpaired) electrons. The number of phenolic OH excluding ortho intramolecular Hbond substituents is 1. The van der Waals surface area contributed by atoms with Gasteiger partial charge in [0.25, 0.3) is 0 Å². The number of ether oxygens (including phenoxy) is 1. The van der Waals surface area contributed by atoms with Gasteiger partial charge in [-0.2, -0.15) is 13.2 Å². The first-order valence-corrected chi connectivity index (χ1v) is 11.0. The van der Waals surface area contributed by atoms with Gasteiger partial charge in [-0.1, -0.05) is 49.7 Å². The van der Waals surface area contributed by atoms with Gasteiger partial charge in [-0.25, -0.2) is 9.78 Å². The monoisotopic (exact) mass is 506 g/mol. The van der Waals surface area contributed by atoms with Crippen molar-refractivity contribution in [1.29, 1.82) is 0 Å². The second-order valence-corrected chi connectivity index (χ2v) is 7.86. The number of carbonyl (C=O) groups excluding carboxylic acids is 1. The number of hydrogen-bond acceptors (Lipinski definition) is 5. The number of halogens is 3. The van der Waals surface area contributed by atoms with E-state index in [4.69, 9.17) is 9.84 Å². The minimum atomic E-state index is -4.87. The maximum Gasteiger partial charge on any atom is 0.423 e. The van der Waals surface area contributed by atoms with Gasteiger partial charge in [0.2, 0.25) is 0 Å². The van der Waals surface area contributed by atoms with E-state index in [9.17, 15) is 27.9 Å². The minimum absolute atomic E-state index is 0.238. The van der Waals surface area contributed by atoms with Crippen LogP contribution in [-0.4, -0.2) is 38.2 Å². The lowest BCUT2D eigenvalue weighted by molar-refractivity contribution is -0.140. The Morgan fingerprint density at radius 2 is 1.81 bits per heavy atom. The standard InChI is InChI=1S/C19H19F3NO3.C6H8N2O2/c1-12(2)17(24)14-8-9-15(16(18(14)25)19(20,21)22)26-11-23-10-13-6-4-3-5-7-13;1-2-8-4-7-3-5(8)6(9)10/h3-9,12,25H,10-11H2,1-2H3;3-4H,2H2,1H3,(H,9,10)/q-1;. The number of rotatable bonds is 9. The second-order valence-electron chi connectivity index (χ2n) is 7.86. The molecule has 194 valence electrons.